The van der Waals surface area contributed by atoms with Crippen molar-refractivity contribution in [1.29, 1.82) is 0 Å². The first-order chi connectivity index (χ1) is 12.7. The maximum absolute atomic E-state index is 12.0. The zero-order valence-corrected chi connectivity index (χ0v) is 15.1. The highest BCUT2D eigenvalue weighted by atomic mass is 32.2. The highest BCUT2D eigenvalue weighted by molar-refractivity contribution is 8.18. The van der Waals surface area contributed by atoms with Crippen molar-refractivity contribution in [2.75, 3.05) is 14.2 Å². The molecule has 1 heterocycles. The number of benzene rings is 2. The van der Waals surface area contributed by atoms with Crippen LogP contribution in [0, 0.1) is 0 Å². The third-order valence-electron chi connectivity index (χ3n) is 3.54. The number of hydrogen-bond donors (Lipinski definition) is 1. The van der Waals surface area contributed by atoms with E-state index in [0.717, 1.165) is 22.6 Å². The normalized spacial score (nSPS) is 17.1. The van der Waals surface area contributed by atoms with Gasteiger partial charge in [-0.2, -0.15) is 5.10 Å². The van der Waals surface area contributed by atoms with E-state index in [4.69, 9.17) is 9.47 Å². The summed E-state index contributed by atoms with van der Waals surface area (Å²) in [6, 6.07) is 14.9. The number of hydrogen-bond acceptors (Lipinski definition) is 6. The van der Waals surface area contributed by atoms with Gasteiger partial charge in [-0.3, -0.25) is 10.1 Å². The summed E-state index contributed by atoms with van der Waals surface area (Å²) in [7, 11) is 3.23. The molecule has 7 heteroatoms. The molecule has 0 radical (unpaired) electrons. The van der Waals surface area contributed by atoms with Crippen LogP contribution in [0.25, 0.3) is 6.08 Å². The number of carbonyl (C=O) groups is 1. The van der Waals surface area contributed by atoms with Gasteiger partial charge in [0.2, 0.25) is 0 Å². The second kappa shape index (κ2) is 8.35. The van der Waals surface area contributed by atoms with E-state index in [1.54, 1.807) is 26.5 Å². The second-order valence-corrected chi connectivity index (χ2v) is 6.29. The molecule has 132 valence electrons. The lowest BCUT2D eigenvalue weighted by molar-refractivity contribution is -0.115. The predicted octanol–water partition coefficient (Wildman–Crippen LogP) is 3.30. The van der Waals surface area contributed by atoms with Gasteiger partial charge in [-0.05, 0) is 65.4 Å². The van der Waals surface area contributed by atoms with Crippen molar-refractivity contribution in [2.24, 2.45) is 10.2 Å². The van der Waals surface area contributed by atoms with Gasteiger partial charge in [0.25, 0.3) is 5.91 Å². The first kappa shape index (κ1) is 17.8. The highest BCUT2D eigenvalue weighted by Crippen LogP contribution is 2.26. The van der Waals surface area contributed by atoms with E-state index < -0.39 is 0 Å². The molecular weight excluding hydrogens is 350 g/mol. The largest absolute Gasteiger partial charge is 0.497 e. The summed E-state index contributed by atoms with van der Waals surface area (Å²) >= 11 is 1.25. The SMILES string of the molecule is COc1ccc(/C=C2\SC(=N/N=C/c3ccc(OC)cc3)NC2=O)cc1. The van der Waals surface area contributed by atoms with E-state index in [1.165, 1.54) is 11.8 Å². The number of amides is 1. The number of carbonyl (C=O) groups excluding carboxylic acids is 1. The molecular formula is C19H17N3O3S. The third kappa shape index (κ3) is 4.52. The topological polar surface area (TPSA) is 72.3 Å². The van der Waals surface area contributed by atoms with E-state index in [0.29, 0.717) is 10.1 Å². The molecule has 0 atom stereocenters. The average Bonchev–Trinajstić information content (AvgIpc) is 3.02. The van der Waals surface area contributed by atoms with Gasteiger partial charge in [0.1, 0.15) is 11.5 Å². The summed E-state index contributed by atoms with van der Waals surface area (Å²) in [5, 5.41) is 11.2. The van der Waals surface area contributed by atoms with Crippen molar-refractivity contribution < 1.29 is 14.3 Å². The highest BCUT2D eigenvalue weighted by Gasteiger charge is 2.23. The van der Waals surface area contributed by atoms with Crippen molar-refractivity contribution in [3.63, 3.8) is 0 Å². The number of nitrogens with zero attached hydrogens (tertiary/aromatic N) is 2. The summed E-state index contributed by atoms with van der Waals surface area (Å²) < 4.78 is 10.2. The fourth-order valence-corrected chi connectivity index (χ4v) is 2.94. The van der Waals surface area contributed by atoms with Crippen molar-refractivity contribution in [1.82, 2.24) is 5.32 Å². The number of methoxy groups -OCH3 is 2. The quantitative estimate of drug-likeness (QED) is 0.500. The Kier molecular flexibility index (Phi) is 5.70. The van der Waals surface area contributed by atoms with Crippen LogP contribution in [-0.2, 0) is 4.79 Å². The molecule has 2 aromatic rings. The van der Waals surface area contributed by atoms with Gasteiger partial charge < -0.3 is 9.47 Å². The molecule has 6 nitrogen and oxygen atoms in total. The minimum absolute atomic E-state index is 0.191. The van der Waals surface area contributed by atoms with Crippen LogP contribution in [0.1, 0.15) is 11.1 Å². The van der Waals surface area contributed by atoms with E-state index in [2.05, 4.69) is 15.5 Å². The van der Waals surface area contributed by atoms with E-state index >= 15 is 0 Å². The Balaban J connectivity index is 1.66. The van der Waals surface area contributed by atoms with Crippen LogP contribution in [0.3, 0.4) is 0 Å². The maximum atomic E-state index is 12.0. The van der Waals surface area contributed by atoms with Crippen LogP contribution in [0.5, 0.6) is 11.5 Å². The molecule has 1 N–H and O–H groups in total. The molecule has 0 aliphatic carbocycles. The maximum Gasteiger partial charge on any atom is 0.264 e. The van der Waals surface area contributed by atoms with Crippen molar-refractivity contribution in [3.8, 4) is 11.5 Å². The molecule has 0 bridgehead atoms. The van der Waals surface area contributed by atoms with E-state index in [1.807, 2.05) is 48.5 Å². The van der Waals surface area contributed by atoms with Gasteiger partial charge in [-0.1, -0.05) is 12.1 Å². The lowest BCUT2D eigenvalue weighted by atomic mass is 10.2. The molecule has 2 aromatic carbocycles. The zero-order valence-electron chi connectivity index (χ0n) is 14.3. The van der Waals surface area contributed by atoms with Gasteiger partial charge in [-0.15, -0.1) is 5.10 Å². The van der Waals surface area contributed by atoms with Crippen LogP contribution >= 0.6 is 11.8 Å². The fourth-order valence-electron chi connectivity index (χ4n) is 2.16. The fraction of sp³-hybridized carbons (Fsp3) is 0.105. The summed E-state index contributed by atoms with van der Waals surface area (Å²) in [4.78, 5) is 12.6. The minimum atomic E-state index is -0.191. The van der Waals surface area contributed by atoms with Crippen LogP contribution in [0.15, 0.2) is 63.6 Å². The minimum Gasteiger partial charge on any atom is -0.497 e. The average molecular weight is 367 g/mol. The number of rotatable bonds is 5. The Hall–Kier alpha value is -3.06. The predicted molar refractivity (Wildman–Crippen MR) is 105 cm³/mol. The van der Waals surface area contributed by atoms with Gasteiger partial charge >= 0.3 is 0 Å². The third-order valence-corrected chi connectivity index (χ3v) is 4.44. The molecule has 1 aliphatic rings. The number of amidine groups is 1. The van der Waals surface area contributed by atoms with Crippen molar-refractivity contribution in [2.45, 2.75) is 0 Å². The van der Waals surface area contributed by atoms with Crippen LogP contribution in [-0.4, -0.2) is 31.5 Å². The molecule has 1 fully saturated rings. The lowest BCUT2D eigenvalue weighted by Gasteiger charge is -1.99. The first-order valence-corrected chi connectivity index (χ1v) is 8.59. The molecule has 1 saturated heterocycles. The first-order valence-electron chi connectivity index (χ1n) is 7.78. The Morgan fingerprint density at radius 2 is 1.50 bits per heavy atom. The number of nitrogens with one attached hydrogen (secondary N) is 1. The summed E-state index contributed by atoms with van der Waals surface area (Å²) in [5.41, 5.74) is 1.80. The summed E-state index contributed by atoms with van der Waals surface area (Å²) in [5.74, 6) is 1.36. The van der Waals surface area contributed by atoms with Gasteiger partial charge in [0.15, 0.2) is 5.17 Å². The van der Waals surface area contributed by atoms with E-state index in [9.17, 15) is 4.79 Å². The molecule has 0 unspecified atom stereocenters. The Morgan fingerprint density at radius 1 is 0.923 bits per heavy atom. The van der Waals surface area contributed by atoms with Gasteiger partial charge in [0, 0.05) is 0 Å². The Labute approximate surface area is 155 Å². The standard InChI is InChI=1S/C19H17N3O3S/c1-24-15-7-3-13(4-8-15)11-17-18(23)21-19(26-17)22-20-12-14-5-9-16(25-2)10-6-14/h3-12H,1-2H3,(H,21,22,23)/b17-11-,20-12+. The van der Waals surface area contributed by atoms with Crippen molar-refractivity contribution >= 4 is 35.1 Å². The lowest BCUT2D eigenvalue weighted by Crippen LogP contribution is -2.19. The summed E-state index contributed by atoms with van der Waals surface area (Å²) in [6.07, 6.45) is 3.42. The number of thioether (sulfide) groups is 1. The molecule has 0 aromatic heterocycles. The molecule has 26 heavy (non-hydrogen) atoms. The molecule has 0 spiro atoms. The van der Waals surface area contributed by atoms with Crippen LogP contribution in [0.2, 0.25) is 0 Å². The van der Waals surface area contributed by atoms with Crippen molar-refractivity contribution in [3.05, 3.63) is 64.6 Å². The van der Waals surface area contributed by atoms with Gasteiger partial charge in [-0.25, -0.2) is 0 Å². The summed E-state index contributed by atoms with van der Waals surface area (Å²) in [6.45, 7) is 0. The molecule has 3 rings (SSSR count). The second-order valence-electron chi connectivity index (χ2n) is 5.26. The van der Waals surface area contributed by atoms with Gasteiger partial charge in [0.05, 0.1) is 25.3 Å². The van der Waals surface area contributed by atoms with E-state index in [-0.39, 0.29) is 5.91 Å². The smallest absolute Gasteiger partial charge is 0.264 e. The molecule has 1 amide bonds. The monoisotopic (exact) mass is 367 g/mol. The van der Waals surface area contributed by atoms with Crippen LogP contribution in [0.4, 0.5) is 0 Å². The Morgan fingerprint density at radius 3 is 2.08 bits per heavy atom. The van der Waals surface area contributed by atoms with Crippen LogP contribution < -0.4 is 14.8 Å². The zero-order chi connectivity index (χ0) is 18.4. The Bertz CT molecular complexity index is 872. The molecule has 1 aliphatic heterocycles. The number of ether oxygens (including phenoxy) is 2. The molecule has 0 saturated carbocycles.